The molecule has 1 atom stereocenters. The molecule has 1 heterocycles. The number of aromatic carboxylic acids is 1. The Kier molecular flexibility index (Phi) is 4.82. The molecule has 0 amide bonds. The van der Waals surface area contributed by atoms with Crippen LogP contribution in [0.2, 0.25) is 5.82 Å². The quantitative estimate of drug-likeness (QED) is 0.797. The molecule has 0 aromatic heterocycles. The van der Waals surface area contributed by atoms with E-state index in [1.54, 1.807) is 12.1 Å². The molecule has 1 aliphatic heterocycles. The summed E-state index contributed by atoms with van der Waals surface area (Å²) in [6.45, 7) is 0. The van der Waals surface area contributed by atoms with Crippen LogP contribution >= 0.6 is 0 Å². The van der Waals surface area contributed by atoms with Crippen LogP contribution in [-0.2, 0) is 11.2 Å². The van der Waals surface area contributed by atoms with Gasteiger partial charge in [0.1, 0.15) is 11.5 Å². The number of hydrogen-bond acceptors (Lipinski definition) is 5. The second kappa shape index (κ2) is 6.89. The average Bonchev–Trinajstić information content (AvgIpc) is 3.03. The summed E-state index contributed by atoms with van der Waals surface area (Å²) in [7, 11) is -1.22. The summed E-state index contributed by atoms with van der Waals surface area (Å²) < 4.78 is 5.42. The Bertz CT molecular complexity index is 735. The highest BCUT2D eigenvalue weighted by Gasteiger charge is 2.40. The standard InChI is InChI=1S/C18H20BNO5/c20-11-18(6-1-2-7-18)10-14(21)9-13-8-12-4-3-5-15(17(22)23)16(12)25-19(13)24/h3-5,13,24H,1-2,6-10H2,(H,22,23)/t13-/m1/s1. The first-order valence-electron chi connectivity index (χ1n) is 8.57. The molecule has 0 bridgehead atoms. The van der Waals surface area contributed by atoms with Crippen molar-refractivity contribution in [3.8, 4) is 11.8 Å². The van der Waals surface area contributed by atoms with Gasteiger partial charge in [0.25, 0.3) is 0 Å². The van der Waals surface area contributed by atoms with Crippen LogP contribution in [0.3, 0.4) is 0 Å². The number of para-hydroxylation sites is 1. The fraction of sp³-hybridized carbons (Fsp3) is 0.500. The Morgan fingerprint density at radius 1 is 1.36 bits per heavy atom. The number of fused-ring (bicyclic) bond motifs is 1. The molecule has 1 saturated carbocycles. The molecule has 0 saturated heterocycles. The zero-order valence-electron chi connectivity index (χ0n) is 13.9. The predicted octanol–water partition coefficient (Wildman–Crippen LogP) is 2.60. The molecular formula is C18H20BNO5. The minimum atomic E-state index is -1.22. The molecule has 130 valence electrons. The van der Waals surface area contributed by atoms with Crippen molar-refractivity contribution in [3.63, 3.8) is 0 Å². The van der Waals surface area contributed by atoms with Gasteiger partial charge in [0.15, 0.2) is 0 Å². The van der Waals surface area contributed by atoms with Crippen molar-refractivity contribution in [2.24, 2.45) is 5.41 Å². The van der Waals surface area contributed by atoms with E-state index in [0.29, 0.717) is 12.0 Å². The Morgan fingerprint density at radius 3 is 2.72 bits per heavy atom. The first kappa shape index (κ1) is 17.5. The summed E-state index contributed by atoms with van der Waals surface area (Å²) in [5.41, 5.74) is 0.140. The number of ketones is 1. The molecule has 1 aromatic rings. The second-order valence-electron chi connectivity index (χ2n) is 7.09. The van der Waals surface area contributed by atoms with Crippen molar-refractivity contribution >= 4 is 18.9 Å². The number of Topliss-reactive ketones (excluding diaryl/α,β-unsaturated/α-hetero) is 1. The number of carboxylic acid groups (broad SMARTS) is 1. The van der Waals surface area contributed by atoms with E-state index in [2.05, 4.69) is 6.07 Å². The SMILES string of the molecule is N#CC1(CC(=O)C[C@H]2Cc3cccc(C(=O)O)c3OB2O)CCCC1. The van der Waals surface area contributed by atoms with Crippen LogP contribution in [-0.4, -0.2) is 29.0 Å². The van der Waals surface area contributed by atoms with E-state index >= 15 is 0 Å². The van der Waals surface area contributed by atoms with Crippen molar-refractivity contribution in [3.05, 3.63) is 29.3 Å². The monoisotopic (exact) mass is 341 g/mol. The first-order chi connectivity index (χ1) is 11.9. The zero-order chi connectivity index (χ0) is 18.0. The van der Waals surface area contributed by atoms with E-state index in [1.807, 2.05) is 0 Å². The van der Waals surface area contributed by atoms with Gasteiger partial charge in [-0.3, -0.25) is 4.79 Å². The number of carbonyl (C=O) groups excluding carboxylic acids is 1. The predicted molar refractivity (Wildman–Crippen MR) is 90.2 cm³/mol. The van der Waals surface area contributed by atoms with E-state index in [-0.39, 0.29) is 29.9 Å². The van der Waals surface area contributed by atoms with E-state index in [0.717, 1.165) is 25.7 Å². The highest BCUT2D eigenvalue weighted by atomic mass is 16.5. The van der Waals surface area contributed by atoms with Crippen LogP contribution in [0.1, 0.15) is 54.4 Å². The van der Waals surface area contributed by atoms with Gasteiger partial charge in [-0.25, -0.2) is 4.79 Å². The highest BCUT2D eigenvalue weighted by Crippen LogP contribution is 2.42. The number of carboxylic acids is 1. The molecule has 1 fully saturated rings. The molecule has 7 heteroatoms. The third-order valence-corrected chi connectivity index (χ3v) is 5.27. The smallest absolute Gasteiger partial charge is 0.526 e. The topological polar surface area (TPSA) is 108 Å². The Labute approximate surface area is 146 Å². The summed E-state index contributed by atoms with van der Waals surface area (Å²) >= 11 is 0. The summed E-state index contributed by atoms with van der Waals surface area (Å²) in [4.78, 5) is 23.7. The third kappa shape index (κ3) is 3.54. The van der Waals surface area contributed by atoms with E-state index in [1.165, 1.54) is 6.07 Å². The summed E-state index contributed by atoms with van der Waals surface area (Å²) in [6, 6.07) is 7.12. The van der Waals surface area contributed by atoms with Gasteiger partial charge in [-0.05, 0) is 30.9 Å². The Balaban J connectivity index is 1.70. The molecular weight excluding hydrogens is 321 g/mol. The normalized spacial score (nSPS) is 21.1. The molecule has 0 radical (unpaired) electrons. The molecule has 0 unspecified atom stereocenters. The van der Waals surface area contributed by atoms with Crippen LogP contribution in [0.5, 0.6) is 5.75 Å². The fourth-order valence-corrected chi connectivity index (χ4v) is 3.95. The van der Waals surface area contributed by atoms with Crippen molar-refractivity contribution in [2.45, 2.75) is 50.8 Å². The number of hydrogen-bond donors (Lipinski definition) is 2. The van der Waals surface area contributed by atoms with Crippen molar-refractivity contribution in [1.82, 2.24) is 0 Å². The fourth-order valence-electron chi connectivity index (χ4n) is 3.95. The van der Waals surface area contributed by atoms with Crippen LogP contribution in [0.15, 0.2) is 18.2 Å². The lowest BCUT2D eigenvalue weighted by atomic mass is 9.63. The lowest BCUT2D eigenvalue weighted by molar-refractivity contribution is -0.120. The summed E-state index contributed by atoms with van der Waals surface area (Å²) in [6.07, 6.45) is 4.18. The van der Waals surface area contributed by atoms with E-state index in [9.17, 15) is 25.0 Å². The van der Waals surface area contributed by atoms with Crippen LogP contribution in [0.25, 0.3) is 0 Å². The number of carbonyl (C=O) groups is 2. The third-order valence-electron chi connectivity index (χ3n) is 5.27. The number of benzene rings is 1. The van der Waals surface area contributed by atoms with Crippen LogP contribution in [0.4, 0.5) is 0 Å². The van der Waals surface area contributed by atoms with E-state index in [4.69, 9.17) is 4.65 Å². The van der Waals surface area contributed by atoms with Gasteiger partial charge < -0.3 is 14.8 Å². The Morgan fingerprint density at radius 2 is 2.08 bits per heavy atom. The molecule has 3 rings (SSSR count). The van der Waals surface area contributed by atoms with Gasteiger partial charge >= 0.3 is 13.1 Å². The van der Waals surface area contributed by atoms with Gasteiger partial charge in [0.2, 0.25) is 0 Å². The summed E-state index contributed by atoms with van der Waals surface area (Å²) in [5.74, 6) is -1.42. The molecule has 25 heavy (non-hydrogen) atoms. The minimum absolute atomic E-state index is 0.00992. The molecule has 1 aromatic carbocycles. The van der Waals surface area contributed by atoms with Crippen molar-refractivity contribution in [1.29, 1.82) is 5.26 Å². The van der Waals surface area contributed by atoms with Gasteiger partial charge in [0.05, 0.1) is 17.0 Å². The molecule has 1 aliphatic carbocycles. The van der Waals surface area contributed by atoms with Gasteiger partial charge in [0, 0.05) is 18.7 Å². The Hall–Kier alpha value is -2.33. The first-order valence-corrected chi connectivity index (χ1v) is 8.57. The van der Waals surface area contributed by atoms with Crippen molar-refractivity contribution in [2.75, 3.05) is 0 Å². The number of rotatable bonds is 5. The molecule has 2 aliphatic rings. The second-order valence-corrected chi connectivity index (χ2v) is 7.09. The van der Waals surface area contributed by atoms with Crippen molar-refractivity contribution < 1.29 is 24.4 Å². The zero-order valence-corrected chi connectivity index (χ0v) is 13.9. The molecule has 0 spiro atoms. The van der Waals surface area contributed by atoms with Gasteiger partial charge in [-0.2, -0.15) is 5.26 Å². The average molecular weight is 341 g/mol. The van der Waals surface area contributed by atoms with Gasteiger partial charge in [-0.15, -0.1) is 0 Å². The maximum absolute atomic E-state index is 12.5. The summed E-state index contributed by atoms with van der Waals surface area (Å²) in [5, 5.41) is 28.8. The largest absolute Gasteiger partial charge is 0.535 e. The van der Waals surface area contributed by atoms with Crippen LogP contribution in [0, 0.1) is 16.7 Å². The lowest BCUT2D eigenvalue weighted by Gasteiger charge is -2.28. The number of nitriles is 1. The highest BCUT2D eigenvalue weighted by molar-refractivity contribution is 6.47. The molecule has 2 N–H and O–H groups in total. The maximum Gasteiger partial charge on any atom is 0.526 e. The number of nitrogens with zero attached hydrogens (tertiary/aromatic N) is 1. The lowest BCUT2D eigenvalue weighted by Crippen LogP contribution is -2.36. The van der Waals surface area contributed by atoms with Crippen LogP contribution < -0.4 is 4.65 Å². The minimum Gasteiger partial charge on any atom is -0.535 e. The molecule has 6 nitrogen and oxygen atoms in total. The van der Waals surface area contributed by atoms with Gasteiger partial charge in [-0.1, -0.05) is 25.0 Å². The maximum atomic E-state index is 12.5. The van der Waals surface area contributed by atoms with E-state index < -0.39 is 24.3 Å².